The first-order chi connectivity index (χ1) is 4.33. The van der Waals surface area contributed by atoms with Crippen LogP contribution in [0.4, 0.5) is 0 Å². The van der Waals surface area contributed by atoms with E-state index in [1.165, 1.54) is 0 Å². The minimum Gasteiger partial charge on any atom is -0.396 e. The molecule has 0 radical (unpaired) electrons. The molecule has 1 aliphatic carbocycles. The van der Waals surface area contributed by atoms with Gasteiger partial charge < -0.3 is 5.11 Å². The lowest BCUT2D eigenvalue weighted by atomic mass is 9.96. The van der Waals surface area contributed by atoms with Crippen molar-refractivity contribution < 1.29 is 9.90 Å². The van der Waals surface area contributed by atoms with Gasteiger partial charge >= 0.3 is 0 Å². The quantitative estimate of drug-likeness (QED) is 0.556. The molecule has 0 fully saturated rings. The van der Waals surface area contributed by atoms with E-state index in [0.717, 1.165) is 6.42 Å². The average Bonchev–Trinajstić information content (AvgIpc) is 1.90. The van der Waals surface area contributed by atoms with Gasteiger partial charge in [0.15, 0.2) is 5.78 Å². The Hall–Kier alpha value is -0.630. The number of hydrogen-bond donors (Lipinski definition) is 1. The van der Waals surface area contributed by atoms with Crippen LogP contribution < -0.4 is 0 Å². The van der Waals surface area contributed by atoms with Crippen molar-refractivity contribution >= 4 is 5.78 Å². The van der Waals surface area contributed by atoms with Crippen molar-refractivity contribution in [2.45, 2.75) is 12.8 Å². The minimum absolute atomic E-state index is 0.170. The molecule has 0 aromatic heterocycles. The van der Waals surface area contributed by atoms with Gasteiger partial charge in [0.05, 0.1) is 0 Å². The van der Waals surface area contributed by atoms with Gasteiger partial charge in [0.25, 0.3) is 0 Å². The molecule has 0 saturated heterocycles. The molecule has 2 nitrogen and oxygen atoms in total. The predicted octanol–water partition coefficient (Wildman–Crippen LogP) is 0.514. The van der Waals surface area contributed by atoms with E-state index in [2.05, 4.69) is 0 Å². The Labute approximate surface area is 54.2 Å². The van der Waals surface area contributed by atoms with Gasteiger partial charge in [-0.25, -0.2) is 0 Å². The molecular formula is C7H10O2. The fraction of sp³-hybridized carbons (Fsp3) is 0.571. The molecule has 0 saturated carbocycles. The maximum absolute atomic E-state index is 10.6. The molecule has 1 rings (SSSR count). The van der Waals surface area contributed by atoms with Gasteiger partial charge in [0, 0.05) is 18.9 Å². The topological polar surface area (TPSA) is 37.3 Å². The molecule has 1 unspecified atom stereocenters. The van der Waals surface area contributed by atoms with Crippen LogP contribution in [0.1, 0.15) is 12.8 Å². The number of rotatable bonds is 1. The van der Waals surface area contributed by atoms with Crippen LogP contribution >= 0.6 is 0 Å². The SMILES string of the molecule is O=C1C=CC(CO)CC1. The van der Waals surface area contributed by atoms with E-state index in [-0.39, 0.29) is 18.3 Å². The van der Waals surface area contributed by atoms with Gasteiger partial charge in [-0.2, -0.15) is 0 Å². The van der Waals surface area contributed by atoms with Crippen LogP contribution in [-0.4, -0.2) is 17.5 Å². The normalized spacial score (nSPS) is 26.8. The molecule has 9 heavy (non-hydrogen) atoms. The second-order valence-corrected chi connectivity index (χ2v) is 2.31. The highest BCUT2D eigenvalue weighted by Crippen LogP contribution is 2.13. The fourth-order valence-electron chi connectivity index (χ4n) is 0.903. The summed E-state index contributed by atoms with van der Waals surface area (Å²) in [6.07, 6.45) is 4.75. The van der Waals surface area contributed by atoms with E-state index in [1.807, 2.05) is 0 Å². The first-order valence-corrected chi connectivity index (χ1v) is 3.15. The second-order valence-electron chi connectivity index (χ2n) is 2.31. The van der Waals surface area contributed by atoms with Crippen LogP contribution in [-0.2, 0) is 4.79 Å². The summed E-state index contributed by atoms with van der Waals surface area (Å²) in [4.78, 5) is 10.6. The number of aliphatic hydroxyl groups is 1. The summed E-state index contributed by atoms with van der Waals surface area (Å²) in [5.41, 5.74) is 0. The first-order valence-electron chi connectivity index (χ1n) is 3.15. The molecule has 50 valence electrons. The molecule has 0 heterocycles. The number of allylic oxidation sites excluding steroid dienone is 1. The van der Waals surface area contributed by atoms with Crippen molar-refractivity contribution in [3.05, 3.63) is 12.2 Å². The van der Waals surface area contributed by atoms with Crippen molar-refractivity contribution in [3.63, 3.8) is 0 Å². The molecule has 0 bridgehead atoms. The minimum atomic E-state index is 0.170. The maximum atomic E-state index is 10.6. The van der Waals surface area contributed by atoms with Crippen LogP contribution in [0.25, 0.3) is 0 Å². The predicted molar refractivity (Wildman–Crippen MR) is 34.0 cm³/mol. The lowest BCUT2D eigenvalue weighted by molar-refractivity contribution is -0.115. The Kier molecular flexibility index (Phi) is 2.01. The lowest BCUT2D eigenvalue weighted by Crippen LogP contribution is -2.10. The third-order valence-corrected chi connectivity index (χ3v) is 1.55. The van der Waals surface area contributed by atoms with Crippen molar-refractivity contribution in [1.82, 2.24) is 0 Å². The molecule has 1 aliphatic rings. The molecular weight excluding hydrogens is 116 g/mol. The number of aliphatic hydroxyl groups excluding tert-OH is 1. The van der Waals surface area contributed by atoms with E-state index in [9.17, 15) is 4.79 Å². The maximum Gasteiger partial charge on any atom is 0.155 e. The lowest BCUT2D eigenvalue weighted by Gasteiger charge is -2.10. The Bertz CT molecular complexity index is 138. The Balaban J connectivity index is 2.48. The summed E-state index contributed by atoms with van der Waals surface area (Å²) in [5.74, 6) is 0.405. The number of ketones is 1. The molecule has 0 amide bonds. The molecule has 0 aromatic carbocycles. The van der Waals surface area contributed by atoms with Crippen molar-refractivity contribution in [2.75, 3.05) is 6.61 Å². The van der Waals surface area contributed by atoms with Crippen LogP contribution in [0.2, 0.25) is 0 Å². The van der Waals surface area contributed by atoms with Crippen molar-refractivity contribution in [3.8, 4) is 0 Å². The summed E-state index contributed by atoms with van der Waals surface area (Å²) in [6, 6.07) is 0. The number of carbonyl (C=O) groups excluding carboxylic acids is 1. The molecule has 1 N–H and O–H groups in total. The highest BCUT2D eigenvalue weighted by atomic mass is 16.3. The van der Waals surface area contributed by atoms with Crippen LogP contribution in [0.3, 0.4) is 0 Å². The summed E-state index contributed by atoms with van der Waals surface area (Å²) < 4.78 is 0. The zero-order valence-electron chi connectivity index (χ0n) is 5.21. The Morgan fingerprint density at radius 3 is 3.00 bits per heavy atom. The van der Waals surface area contributed by atoms with Gasteiger partial charge in [-0.1, -0.05) is 6.08 Å². The molecule has 0 aromatic rings. The van der Waals surface area contributed by atoms with E-state index < -0.39 is 0 Å². The van der Waals surface area contributed by atoms with Crippen LogP contribution in [0.5, 0.6) is 0 Å². The zero-order valence-corrected chi connectivity index (χ0v) is 5.21. The largest absolute Gasteiger partial charge is 0.396 e. The third-order valence-electron chi connectivity index (χ3n) is 1.55. The molecule has 0 aliphatic heterocycles. The second kappa shape index (κ2) is 2.78. The fourth-order valence-corrected chi connectivity index (χ4v) is 0.903. The summed E-state index contributed by atoms with van der Waals surface area (Å²) in [7, 11) is 0. The van der Waals surface area contributed by atoms with Gasteiger partial charge in [0.1, 0.15) is 0 Å². The van der Waals surface area contributed by atoms with Crippen molar-refractivity contribution in [1.29, 1.82) is 0 Å². The van der Waals surface area contributed by atoms with E-state index in [1.54, 1.807) is 12.2 Å². The van der Waals surface area contributed by atoms with E-state index in [0.29, 0.717) is 6.42 Å². The molecule has 1 atom stereocenters. The molecule has 0 spiro atoms. The van der Waals surface area contributed by atoms with E-state index >= 15 is 0 Å². The smallest absolute Gasteiger partial charge is 0.155 e. The van der Waals surface area contributed by atoms with Crippen molar-refractivity contribution in [2.24, 2.45) is 5.92 Å². The summed E-state index contributed by atoms with van der Waals surface area (Å²) in [6.45, 7) is 0.170. The Morgan fingerprint density at radius 1 is 1.78 bits per heavy atom. The van der Waals surface area contributed by atoms with Gasteiger partial charge in [-0.05, 0) is 12.5 Å². The zero-order chi connectivity index (χ0) is 6.69. The monoisotopic (exact) mass is 126 g/mol. The third kappa shape index (κ3) is 1.64. The highest BCUT2D eigenvalue weighted by Gasteiger charge is 2.10. The standard InChI is InChI=1S/C7H10O2/c8-5-6-1-3-7(9)4-2-6/h1,3,6,8H,2,4-5H2. The van der Waals surface area contributed by atoms with Gasteiger partial charge in [-0.3, -0.25) is 4.79 Å². The number of carbonyl (C=O) groups is 1. The van der Waals surface area contributed by atoms with Crippen LogP contribution in [0, 0.1) is 5.92 Å². The first kappa shape index (κ1) is 6.49. The van der Waals surface area contributed by atoms with Crippen LogP contribution in [0.15, 0.2) is 12.2 Å². The average molecular weight is 126 g/mol. The van der Waals surface area contributed by atoms with Gasteiger partial charge in [-0.15, -0.1) is 0 Å². The summed E-state index contributed by atoms with van der Waals surface area (Å²) >= 11 is 0. The van der Waals surface area contributed by atoms with E-state index in [4.69, 9.17) is 5.11 Å². The number of hydrogen-bond acceptors (Lipinski definition) is 2. The van der Waals surface area contributed by atoms with Gasteiger partial charge in [0.2, 0.25) is 0 Å². The molecule has 2 heteroatoms. The Morgan fingerprint density at radius 2 is 2.56 bits per heavy atom. The summed E-state index contributed by atoms with van der Waals surface area (Å²) in [5, 5.41) is 8.61. The highest BCUT2D eigenvalue weighted by molar-refractivity contribution is 5.90.